The van der Waals surface area contributed by atoms with E-state index in [1.165, 1.54) is 0 Å². The Bertz CT molecular complexity index is 949. The van der Waals surface area contributed by atoms with E-state index in [9.17, 15) is 0 Å². The Morgan fingerprint density at radius 3 is 2.43 bits per heavy atom. The van der Waals surface area contributed by atoms with Crippen molar-refractivity contribution in [2.75, 3.05) is 0 Å². The van der Waals surface area contributed by atoms with Gasteiger partial charge in [-0.1, -0.05) is 60.1 Å². The Kier molecular flexibility index (Phi) is 2.83. The molecule has 0 bridgehead atoms. The van der Waals surface area contributed by atoms with Crippen LogP contribution in [0.4, 0.5) is 0 Å². The van der Waals surface area contributed by atoms with E-state index in [1.807, 2.05) is 42.5 Å². The van der Waals surface area contributed by atoms with Crippen LogP contribution in [0.2, 0.25) is 5.15 Å². The monoisotopic (exact) mass is 290 g/mol. The average Bonchev–Trinajstić information content (AvgIpc) is 2.55. The van der Waals surface area contributed by atoms with Gasteiger partial charge in [-0.15, -0.1) is 0 Å². The molecular weight excluding hydrogens is 280 g/mol. The number of benzene rings is 2. The van der Waals surface area contributed by atoms with Crippen LogP contribution in [0.15, 0.2) is 66.9 Å². The summed E-state index contributed by atoms with van der Waals surface area (Å²) < 4.78 is 0. The van der Waals surface area contributed by atoms with Gasteiger partial charge in [0.25, 0.3) is 0 Å². The highest BCUT2D eigenvalue weighted by Gasteiger charge is 2.09. The minimum atomic E-state index is 0.506. The third kappa shape index (κ3) is 2.05. The van der Waals surface area contributed by atoms with Gasteiger partial charge in [-0.2, -0.15) is 0 Å². The molecule has 0 unspecified atom stereocenters. The first-order chi connectivity index (χ1) is 10.3. The summed E-state index contributed by atoms with van der Waals surface area (Å²) in [4.78, 5) is 9.01. The molecule has 2 aromatic carbocycles. The minimum absolute atomic E-state index is 0.506. The van der Waals surface area contributed by atoms with Crippen molar-refractivity contribution >= 4 is 33.4 Å². The van der Waals surface area contributed by atoms with Gasteiger partial charge in [-0.05, 0) is 17.7 Å². The van der Waals surface area contributed by atoms with Crippen molar-refractivity contribution in [3.05, 3.63) is 72.0 Å². The van der Waals surface area contributed by atoms with Gasteiger partial charge in [0, 0.05) is 22.5 Å². The van der Waals surface area contributed by atoms with Crippen LogP contribution in [0, 0.1) is 0 Å². The number of halogens is 1. The van der Waals surface area contributed by atoms with E-state index in [1.54, 1.807) is 6.20 Å². The number of pyridine rings is 2. The summed E-state index contributed by atoms with van der Waals surface area (Å²) >= 11 is 6.40. The van der Waals surface area contributed by atoms with Gasteiger partial charge in [0.2, 0.25) is 0 Å². The Hall–Kier alpha value is -2.45. The third-order valence-corrected chi connectivity index (χ3v) is 3.88. The van der Waals surface area contributed by atoms with E-state index in [0.717, 1.165) is 32.9 Å². The van der Waals surface area contributed by atoms with E-state index in [-0.39, 0.29) is 0 Å². The molecule has 2 aromatic heterocycles. The lowest BCUT2D eigenvalue weighted by Crippen LogP contribution is -1.89. The molecule has 0 saturated heterocycles. The number of fused-ring (bicyclic) bond motifs is 3. The van der Waals surface area contributed by atoms with Crippen molar-refractivity contribution in [2.45, 2.75) is 0 Å². The number of rotatable bonds is 1. The second kappa shape index (κ2) is 4.83. The summed E-state index contributed by atoms with van der Waals surface area (Å²) in [5.41, 5.74) is 3.74. The maximum absolute atomic E-state index is 6.40. The summed E-state index contributed by atoms with van der Waals surface area (Å²) in [6.45, 7) is 0. The van der Waals surface area contributed by atoms with Crippen LogP contribution in [0.3, 0.4) is 0 Å². The van der Waals surface area contributed by atoms with Crippen LogP contribution >= 0.6 is 11.6 Å². The number of hydrogen-bond donors (Lipinski definition) is 0. The minimum Gasteiger partial charge on any atom is -0.254 e. The van der Waals surface area contributed by atoms with Crippen molar-refractivity contribution in [3.8, 4) is 11.1 Å². The molecule has 21 heavy (non-hydrogen) atoms. The molecule has 2 nitrogen and oxygen atoms in total. The summed E-state index contributed by atoms with van der Waals surface area (Å²) in [6, 6.07) is 20.2. The van der Waals surface area contributed by atoms with Crippen LogP contribution < -0.4 is 0 Å². The van der Waals surface area contributed by atoms with Gasteiger partial charge in [0.15, 0.2) is 0 Å². The number of aromatic nitrogens is 2. The van der Waals surface area contributed by atoms with E-state index in [2.05, 4.69) is 28.2 Å². The van der Waals surface area contributed by atoms with Crippen LogP contribution in [0.5, 0.6) is 0 Å². The van der Waals surface area contributed by atoms with Gasteiger partial charge < -0.3 is 0 Å². The van der Waals surface area contributed by atoms with E-state index in [4.69, 9.17) is 11.6 Å². The molecule has 0 radical (unpaired) electrons. The molecule has 0 aliphatic rings. The molecule has 0 amide bonds. The van der Waals surface area contributed by atoms with Crippen LogP contribution in [-0.2, 0) is 0 Å². The average molecular weight is 291 g/mol. The van der Waals surface area contributed by atoms with Crippen LogP contribution in [0.1, 0.15) is 0 Å². The first-order valence-corrected chi connectivity index (χ1v) is 7.10. The number of hydrogen-bond acceptors (Lipinski definition) is 2. The van der Waals surface area contributed by atoms with Crippen molar-refractivity contribution < 1.29 is 0 Å². The quantitative estimate of drug-likeness (QED) is 0.360. The lowest BCUT2D eigenvalue weighted by atomic mass is 10.0. The first-order valence-electron chi connectivity index (χ1n) is 6.72. The van der Waals surface area contributed by atoms with Crippen LogP contribution in [0.25, 0.3) is 32.9 Å². The van der Waals surface area contributed by atoms with Gasteiger partial charge >= 0.3 is 0 Å². The topological polar surface area (TPSA) is 25.8 Å². The van der Waals surface area contributed by atoms with Gasteiger partial charge in [0.1, 0.15) is 5.15 Å². The Balaban J connectivity index is 2.05. The molecule has 0 saturated carbocycles. The summed E-state index contributed by atoms with van der Waals surface area (Å²) in [5, 5.41) is 2.62. The standard InChI is InChI=1S/C18H11ClN2/c19-18-15(12-5-2-1-3-6-12)11-14-9-8-13-7-4-10-20-16(13)17(14)21-18/h1-11H. The van der Waals surface area contributed by atoms with Gasteiger partial charge in [-0.3, -0.25) is 4.98 Å². The summed E-state index contributed by atoms with van der Waals surface area (Å²) in [6.07, 6.45) is 1.78. The second-order valence-electron chi connectivity index (χ2n) is 4.91. The highest BCUT2D eigenvalue weighted by Crippen LogP contribution is 2.31. The molecule has 2 heterocycles. The molecular formula is C18H11ClN2. The zero-order valence-corrected chi connectivity index (χ0v) is 11.9. The molecule has 100 valence electrons. The molecule has 0 N–H and O–H groups in total. The predicted molar refractivity (Wildman–Crippen MR) is 87.5 cm³/mol. The summed E-state index contributed by atoms with van der Waals surface area (Å²) in [7, 11) is 0. The molecule has 3 heteroatoms. The molecule has 0 atom stereocenters. The Morgan fingerprint density at radius 1 is 0.762 bits per heavy atom. The van der Waals surface area contributed by atoms with Crippen molar-refractivity contribution in [1.29, 1.82) is 0 Å². The fraction of sp³-hybridized carbons (Fsp3) is 0. The zero-order valence-electron chi connectivity index (χ0n) is 11.1. The largest absolute Gasteiger partial charge is 0.254 e. The second-order valence-corrected chi connectivity index (χ2v) is 5.26. The molecule has 0 fully saturated rings. The third-order valence-electron chi connectivity index (χ3n) is 3.60. The SMILES string of the molecule is Clc1nc2c(ccc3cccnc32)cc1-c1ccccc1. The van der Waals surface area contributed by atoms with Gasteiger partial charge in [-0.25, -0.2) is 4.98 Å². The molecule has 0 spiro atoms. The molecule has 0 aliphatic heterocycles. The molecule has 0 aliphatic carbocycles. The van der Waals surface area contributed by atoms with Crippen molar-refractivity contribution in [2.24, 2.45) is 0 Å². The molecule has 4 rings (SSSR count). The Morgan fingerprint density at radius 2 is 1.57 bits per heavy atom. The van der Waals surface area contributed by atoms with E-state index < -0.39 is 0 Å². The summed E-state index contributed by atoms with van der Waals surface area (Å²) in [5.74, 6) is 0. The van der Waals surface area contributed by atoms with Crippen molar-refractivity contribution in [3.63, 3.8) is 0 Å². The fourth-order valence-corrected chi connectivity index (χ4v) is 2.82. The lowest BCUT2D eigenvalue weighted by Gasteiger charge is -2.08. The number of nitrogens with zero attached hydrogens (tertiary/aromatic N) is 2. The highest BCUT2D eigenvalue weighted by atomic mass is 35.5. The zero-order chi connectivity index (χ0) is 14.2. The maximum atomic E-state index is 6.40. The normalized spacial score (nSPS) is 11.1. The smallest absolute Gasteiger partial charge is 0.137 e. The Labute approximate surface area is 127 Å². The highest BCUT2D eigenvalue weighted by molar-refractivity contribution is 6.33. The first kappa shape index (κ1) is 12.3. The van der Waals surface area contributed by atoms with Gasteiger partial charge in [0.05, 0.1) is 11.0 Å². The van der Waals surface area contributed by atoms with Crippen molar-refractivity contribution in [1.82, 2.24) is 9.97 Å². The lowest BCUT2D eigenvalue weighted by molar-refractivity contribution is 1.37. The van der Waals surface area contributed by atoms with Crippen LogP contribution in [-0.4, -0.2) is 9.97 Å². The maximum Gasteiger partial charge on any atom is 0.137 e. The fourth-order valence-electron chi connectivity index (χ4n) is 2.57. The predicted octanol–water partition coefficient (Wildman–Crippen LogP) is 5.10. The van der Waals surface area contributed by atoms with E-state index >= 15 is 0 Å². The molecule has 4 aromatic rings. The van der Waals surface area contributed by atoms with E-state index in [0.29, 0.717) is 5.15 Å².